The third-order valence-electron chi connectivity index (χ3n) is 2.54. The number of hydrogen-bond acceptors (Lipinski definition) is 4. The average Bonchev–Trinajstić information content (AvgIpc) is 2.76. The number of Topliss-reactive ketones (excluding diaryl/α,β-unsaturated/α-hetero) is 1. The van der Waals surface area contributed by atoms with E-state index in [0.717, 1.165) is 11.3 Å². The summed E-state index contributed by atoms with van der Waals surface area (Å²) in [5.41, 5.74) is 0.464. The number of rotatable bonds is 6. The summed E-state index contributed by atoms with van der Waals surface area (Å²) in [5, 5.41) is 13.1. The van der Waals surface area contributed by atoms with Crippen molar-refractivity contribution in [1.29, 1.82) is 0 Å². The molecule has 0 bridgehead atoms. The second-order valence-corrected chi connectivity index (χ2v) is 5.66. The first-order chi connectivity index (χ1) is 8.81. The fourth-order valence-corrected chi connectivity index (χ4v) is 2.41. The number of carboxylic acid groups (broad SMARTS) is 1. The highest BCUT2D eigenvalue weighted by Gasteiger charge is 2.22. The van der Waals surface area contributed by atoms with Crippen molar-refractivity contribution in [1.82, 2.24) is 5.32 Å². The Labute approximate surface area is 115 Å². The molecule has 5 nitrogen and oxygen atoms in total. The molecule has 0 saturated heterocycles. The van der Waals surface area contributed by atoms with Crippen LogP contribution in [0.25, 0.3) is 0 Å². The highest BCUT2D eigenvalue weighted by Crippen LogP contribution is 2.16. The minimum Gasteiger partial charge on any atom is -0.480 e. The van der Waals surface area contributed by atoms with Crippen molar-refractivity contribution in [3.63, 3.8) is 0 Å². The van der Waals surface area contributed by atoms with Crippen LogP contribution in [-0.2, 0) is 4.79 Å². The Balaban J connectivity index is 2.75. The fourth-order valence-electron chi connectivity index (χ4n) is 1.56. The van der Waals surface area contributed by atoms with E-state index >= 15 is 0 Å². The number of carbonyl (C=O) groups is 3. The molecule has 0 unspecified atom stereocenters. The molecule has 0 aromatic carbocycles. The van der Waals surface area contributed by atoms with Crippen molar-refractivity contribution in [2.75, 3.05) is 0 Å². The predicted octanol–water partition coefficient (Wildman–Crippen LogP) is 2.18. The minimum absolute atomic E-state index is 0.118. The maximum atomic E-state index is 11.9. The average molecular weight is 283 g/mol. The van der Waals surface area contributed by atoms with Gasteiger partial charge in [-0.1, -0.05) is 13.8 Å². The van der Waals surface area contributed by atoms with E-state index in [0.29, 0.717) is 16.9 Å². The molecular formula is C13H17NO4S. The number of thiophene rings is 1. The fraction of sp³-hybridized carbons (Fsp3) is 0.462. The topological polar surface area (TPSA) is 83.5 Å². The van der Waals surface area contributed by atoms with Crippen molar-refractivity contribution in [3.05, 3.63) is 21.9 Å². The van der Waals surface area contributed by atoms with Crippen LogP contribution in [0.5, 0.6) is 0 Å². The van der Waals surface area contributed by atoms with E-state index < -0.39 is 17.9 Å². The molecule has 6 heteroatoms. The van der Waals surface area contributed by atoms with Crippen molar-refractivity contribution in [2.45, 2.75) is 33.2 Å². The van der Waals surface area contributed by atoms with Crippen LogP contribution < -0.4 is 5.32 Å². The lowest BCUT2D eigenvalue weighted by molar-refractivity contribution is -0.139. The van der Waals surface area contributed by atoms with Gasteiger partial charge in [0, 0.05) is 10.9 Å². The molecule has 2 N–H and O–H groups in total. The van der Waals surface area contributed by atoms with Gasteiger partial charge in [0.05, 0.1) is 4.88 Å². The van der Waals surface area contributed by atoms with Crippen molar-refractivity contribution >= 4 is 29.0 Å². The van der Waals surface area contributed by atoms with E-state index in [9.17, 15) is 14.4 Å². The van der Waals surface area contributed by atoms with E-state index in [-0.39, 0.29) is 11.7 Å². The second kappa shape index (κ2) is 6.47. The Hall–Kier alpha value is -1.69. The maximum absolute atomic E-state index is 11.9. The smallest absolute Gasteiger partial charge is 0.326 e. The Morgan fingerprint density at radius 3 is 2.42 bits per heavy atom. The predicted molar refractivity (Wildman–Crippen MR) is 72.7 cm³/mol. The SMILES string of the molecule is CC(=O)c1csc(C(=O)N[C@H](CC(C)C)C(=O)O)c1. The normalized spacial score (nSPS) is 12.2. The third kappa shape index (κ3) is 4.48. The van der Waals surface area contributed by atoms with Crippen LogP contribution in [0.15, 0.2) is 11.4 Å². The van der Waals surface area contributed by atoms with Crippen LogP contribution in [0.2, 0.25) is 0 Å². The number of aliphatic carboxylic acids is 1. The summed E-state index contributed by atoms with van der Waals surface area (Å²) in [6.07, 6.45) is 0.367. The summed E-state index contributed by atoms with van der Waals surface area (Å²) in [4.78, 5) is 34.4. The molecule has 0 aliphatic heterocycles. The molecule has 0 spiro atoms. The minimum atomic E-state index is -1.05. The van der Waals surface area contributed by atoms with Gasteiger partial charge in [-0.25, -0.2) is 4.79 Å². The summed E-state index contributed by atoms with van der Waals surface area (Å²) >= 11 is 1.13. The van der Waals surface area contributed by atoms with Crippen LogP contribution in [0.1, 0.15) is 47.2 Å². The van der Waals surface area contributed by atoms with E-state index in [4.69, 9.17) is 5.11 Å². The van der Waals surface area contributed by atoms with Crippen LogP contribution >= 0.6 is 11.3 Å². The summed E-state index contributed by atoms with van der Waals surface area (Å²) in [6.45, 7) is 5.20. The molecule has 104 valence electrons. The highest BCUT2D eigenvalue weighted by atomic mass is 32.1. The second-order valence-electron chi connectivity index (χ2n) is 4.75. The van der Waals surface area contributed by atoms with Gasteiger partial charge in [-0.2, -0.15) is 0 Å². The Bertz CT molecular complexity index is 493. The molecule has 0 saturated carbocycles. The van der Waals surface area contributed by atoms with E-state index in [2.05, 4.69) is 5.32 Å². The summed E-state index contributed by atoms with van der Waals surface area (Å²) < 4.78 is 0. The Morgan fingerprint density at radius 1 is 1.37 bits per heavy atom. The van der Waals surface area contributed by atoms with Gasteiger partial charge in [-0.05, 0) is 25.3 Å². The highest BCUT2D eigenvalue weighted by molar-refractivity contribution is 7.12. The van der Waals surface area contributed by atoms with Gasteiger partial charge >= 0.3 is 5.97 Å². The van der Waals surface area contributed by atoms with Crippen LogP contribution in [0, 0.1) is 5.92 Å². The van der Waals surface area contributed by atoms with Gasteiger partial charge in [0.25, 0.3) is 5.91 Å². The van der Waals surface area contributed by atoms with Crippen LogP contribution in [0.3, 0.4) is 0 Å². The summed E-state index contributed by atoms with van der Waals surface area (Å²) in [6, 6.07) is 0.576. The number of carboxylic acids is 1. The number of carbonyl (C=O) groups excluding carboxylic acids is 2. The van der Waals surface area contributed by atoms with Crippen molar-refractivity contribution < 1.29 is 19.5 Å². The van der Waals surface area contributed by atoms with Gasteiger partial charge in [0.15, 0.2) is 5.78 Å². The van der Waals surface area contributed by atoms with Gasteiger partial charge in [0.1, 0.15) is 6.04 Å². The van der Waals surface area contributed by atoms with Crippen molar-refractivity contribution in [2.24, 2.45) is 5.92 Å². The first-order valence-electron chi connectivity index (χ1n) is 5.94. The van der Waals surface area contributed by atoms with Gasteiger partial charge < -0.3 is 10.4 Å². The first-order valence-corrected chi connectivity index (χ1v) is 6.82. The molecule has 1 aromatic heterocycles. The lowest BCUT2D eigenvalue weighted by Gasteiger charge is -2.15. The summed E-state index contributed by atoms with van der Waals surface area (Å²) in [5.74, 6) is -1.46. The van der Waals surface area contributed by atoms with E-state index in [1.165, 1.54) is 13.0 Å². The van der Waals surface area contributed by atoms with Gasteiger partial charge in [-0.3, -0.25) is 9.59 Å². The first kappa shape index (κ1) is 15.4. The zero-order chi connectivity index (χ0) is 14.6. The lowest BCUT2D eigenvalue weighted by Crippen LogP contribution is -2.41. The Kier molecular flexibility index (Phi) is 5.23. The molecule has 0 radical (unpaired) electrons. The number of amides is 1. The number of ketones is 1. The molecule has 1 atom stereocenters. The molecule has 1 amide bonds. The molecule has 0 aliphatic rings. The zero-order valence-electron chi connectivity index (χ0n) is 11.1. The Morgan fingerprint density at radius 2 is 2.00 bits per heavy atom. The monoisotopic (exact) mass is 283 g/mol. The largest absolute Gasteiger partial charge is 0.480 e. The quantitative estimate of drug-likeness (QED) is 0.784. The molecule has 0 fully saturated rings. The molecule has 1 aromatic rings. The number of hydrogen-bond donors (Lipinski definition) is 2. The zero-order valence-corrected chi connectivity index (χ0v) is 11.9. The van der Waals surface area contributed by atoms with E-state index in [1.807, 2.05) is 13.8 Å². The molecular weight excluding hydrogens is 266 g/mol. The molecule has 0 aliphatic carbocycles. The lowest BCUT2D eigenvalue weighted by atomic mass is 10.0. The maximum Gasteiger partial charge on any atom is 0.326 e. The summed E-state index contributed by atoms with van der Waals surface area (Å²) in [7, 11) is 0. The van der Waals surface area contributed by atoms with Gasteiger partial charge in [0.2, 0.25) is 0 Å². The molecule has 1 heterocycles. The molecule has 1 rings (SSSR count). The van der Waals surface area contributed by atoms with Crippen LogP contribution in [-0.4, -0.2) is 28.8 Å². The standard InChI is InChI=1S/C13H17NO4S/c1-7(2)4-10(13(17)18)14-12(16)11-5-9(6-19-11)8(3)15/h5-7,10H,4H2,1-3H3,(H,14,16)(H,17,18)/t10-/m1/s1. The third-order valence-corrected chi connectivity index (χ3v) is 3.47. The van der Waals surface area contributed by atoms with E-state index in [1.54, 1.807) is 5.38 Å². The van der Waals surface area contributed by atoms with Crippen molar-refractivity contribution in [3.8, 4) is 0 Å². The van der Waals surface area contributed by atoms with Gasteiger partial charge in [-0.15, -0.1) is 11.3 Å². The van der Waals surface area contributed by atoms with Crippen LogP contribution in [0.4, 0.5) is 0 Å². The molecule has 19 heavy (non-hydrogen) atoms. The number of nitrogens with one attached hydrogen (secondary N) is 1.